The molecule has 0 spiro atoms. The highest BCUT2D eigenvalue weighted by atomic mass is 16.5. The Kier molecular flexibility index (Phi) is 14.3. The molecule has 3 aromatic rings. The van der Waals surface area contributed by atoms with E-state index in [2.05, 4.69) is 21.3 Å². The molecule has 47 heavy (non-hydrogen) atoms. The van der Waals surface area contributed by atoms with E-state index < -0.39 is 60.2 Å². The van der Waals surface area contributed by atoms with Crippen LogP contribution in [-0.4, -0.2) is 61.0 Å². The van der Waals surface area contributed by atoms with Gasteiger partial charge in [-0.25, -0.2) is 4.79 Å². The third-order valence-corrected chi connectivity index (χ3v) is 7.26. The summed E-state index contributed by atoms with van der Waals surface area (Å²) in [7, 11) is 1.66. The van der Waals surface area contributed by atoms with Gasteiger partial charge in [0.2, 0.25) is 11.8 Å². The monoisotopic (exact) mass is 642 g/mol. The van der Waals surface area contributed by atoms with Gasteiger partial charge in [-0.3, -0.25) is 24.0 Å². The third kappa shape index (κ3) is 10.9. The van der Waals surface area contributed by atoms with E-state index in [1.807, 2.05) is 6.92 Å². The molecule has 3 aromatic carbocycles. The van der Waals surface area contributed by atoms with Crippen LogP contribution in [0.1, 0.15) is 83.4 Å². The van der Waals surface area contributed by atoms with E-state index >= 15 is 0 Å². The second-order valence-electron chi connectivity index (χ2n) is 10.9. The van der Waals surface area contributed by atoms with E-state index in [9.17, 15) is 28.8 Å². The van der Waals surface area contributed by atoms with Gasteiger partial charge in [0.15, 0.2) is 11.6 Å². The zero-order valence-electron chi connectivity index (χ0n) is 27.0. The lowest BCUT2D eigenvalue weighted by Gasteiger charge is -2.23. The number of carbonyl (C=O) groups is 6. The first-order valence-electron chi connectivity index (χ1n) is 15.7. The van der Waals surface area contributed by atoms with Crippen molar-refractivity contribution in [3.63, 3.8) is 0 Å². The number of ketones is 2. The van der Waals surface area contributed by atoms with E-state index in [0.29, 0.717) is 29.7 Å². The van der Waals surface area contributed by atoms with Crippen molar-refractivity contribution in [1.29, 1.82) is 0 Å². The van der Waals surface area contributed by atoms with Gasteiger partial charge in [-0.15, -0.1) is 0 Å². The molecule has 248 valence electrons. The minimum atomic E-state index is -1.38. The maximum absolute atomic E-state index is 13.7. The molecule has 2 unspecified atom stereocenters. The Hall–Kier alpha value is -5.32. The van der Waals surface area contributed by atoms with E-state index in [0.717, 1.165) is 6.42 Å². The number of carbonyl (C=O) groups excluding carboxylic acids is 6. The molecule has 11 nitrogen and oxygen atoms in total. The van der Waals surface area contributed by atoms with E-state index in [-0.39, 0.29) is 24.3 Å². The van der Waals surface area contributed by atoms with Crippen LogP contribution in [0, 0.1) is 0 Å². The average molecular weight is 643 g/mol. The van der Waals surface area contributed by atoms with Crippen LogP contribution in [0.2, 0.25) is 0 Å². The van der Waals surface area contributed by atoms with E-state index in [1.54, 1.807) is 86.8 Å². The van der Waals surface area contributed by atoms with Gasteiger partial charge in [0.05, 0.1) is 12.3 Å². The Morgan fingerprint density at radius 3 is 1.87 bits per heavy atom. The molecule has 0 radical (unpaired) electrons. The van der Waals surface area contributed by atoms with Crippen LogP contribution in [0.15, 0.2) is 78.9 Å². The Morgan fingerprint density at radius 1 is 0.681 bits per heavy atom. The molecule has 0 saturated carbocycles. The van der Waals surface area contributed by atoms with E-state index in [1.165, 1.54) is 6.07 Å². The molecule has 3 rings (SSSR count). The lowest BCUT2D eigenvalue weighted by Crippen LogP contribution is -2.53. The van der Waals surface area contributed by atoms with Crippen molar-refractivity contribution >= 4 is 46.6 Å². The predicted molar refractivity (Wildman–Crippen MR) is 179 cm³/mol. The Bertz CT molecular complexity index is 1560. The van der Waals surface area contributed by atoms with Crippen molar-refractivity contribution in [3.05, 3.63) is 95.6 Å². The van der Waals surface area contributed by atoms with Crippen LogP contribution < -0.4 is 21.3 Å². The van der Waals surface area contributed by atoms with Gasteiger partial charge in [0, 0.05) is 48.7 Å². The number of hydrogen-bond acceptors (Lipinski definition) is 8. The van der Waals surface area contributed by atoms with Crippen molar-refractivity contribution in [2.45, 2.75) is 64.5 Å². The summed E-state index contributed by atoms with van der Waals surface area (Å²) in [5.74, 6) is -3.48. The Morgan fingerprint density at radius 2 is 1.26 bits per heavy atom. The Labute approximate surface area is 274 Å². The Balaban J connectivity index is 1.86. The first-order chi connectivity index (χ1) is 22.7. The highest BCUT2D eigenvalue weighted by Gasteiger charge is 2.32. The molecule has 3 amide bonds. The number of benzene rings is 3. The number of amides is 3. The summed E-state index contributed by atoms with van der Waals surface area (Å²) in [4.78, 5) is 79.3. The first kappa shape index (κ1) is 36.2. The molecule has 0 aliphatic heterocycles. The molecule has 11 heteroatoms. The minimum Gasteiger partial charge on any atom is -0.464 e. The summed E-state index contributed by atoms with van der Waals surface area (Å²) in [5, 5.41) is 10.8. The molecular formula is C36H42N4O7. The summed E-state index contributed by atoms with van der Waals surface area (Å²) in [6.45, 7) is 3.82. The number of nitrogens with one attached hydrogen (secondary N) is 4. The van der Waals surface area contributed by atoms with Crippen molar-refractivity contribution in [2.24, 2.45) is 0 Å². The minimum absolute atomic E-state index is 0.101. The molecule has 0 aliphatic carbocycles. The summed E-state index contributed by atoms with van der Waals surface area (Å²) in [6, 6.07) is 18.8. The van der Waals surface area contributed by atoms with E-state index in [4.69, 9.17) is 4.74 Å². The fourth-order valence-corrected chi connectivity index (χ4v) is 4.74. The summed E-state index contributed by atoms with van der Waals surface area (Å²) in [5.41, 5.74) is 1.64. The summed E-state index contributed by atoms with van der Waals surface area (Å²) in [6.07, 6.45) is 1.06. The fourth-order valence-electron chi connectivity index (χ4n) is 4.74. The molecule has 0 heterocycles. The zero-order valence-corrected chi connectivity index (χ0v) is 27.0. The number of anilines is 2. The maximum Gasteiger partial charge on any atom is 0.329 e. The summed E-state index contributed by atoms with van der Waals surface area (Å²) < 4.78 is 5.36. The third-order valence-electron chi connectivity index (χ3n) is 7.26. The first-order valence-corrected chi connectivity index (χ1v) is 15.7. The quantitative estimate of drug-likeness (QED) is 0.0863. The number of unbranched alkanes of at least 4 members (excludes halogenated alkanes) is 1. The number of esters is 1. The number of hydrogen-bond donors (Lipinski definition) is 4. The van der Waals surface area contributed by atoms with Crippen molar-refractivity contribution in [2.75, 3.05) is 24.3 Å². The second-order valence-corrected chi connectivity index (χ2v) is 10.9. The van der Waals surface area contributed by atoms with Crippen molar-refractivity contribution in [3.8, 4) is 0 Å². The van der Waals surface area contributed by atoms with Gasteiger partial charge in [-0.2, -0.15) is 0 Å². The average Bonchev–Trinajstić information content (AvgIpc) is 3.08. The molecular weight excluding hydrogens is 600 g/mol. The number of para-hydroxylation sites is 2. The number of rotatable bonds is 18. The molecule has 0 aliphatic rings. The largest absolute Gasteiger partial charge is 0.464 e. The maximum atomic E-state index is 13.7. The highest BCUT2D eigenvalue weighted by Crippen LogP contribution is 2.20. The van der Waals surface area contributed by atoms with Crippen LogP contribution >= 0.6 is 0 Å². The van der Waals surface area contributed by atoms with Crippen molar-refractivity contribution < 1.29 is 33.5 Å². The highest BCUT2D eigenvalue weighted by molar-refractivity contribution is 6.10. The molecule has 2 atom stereocenters. The van der Waals surface area contributed by atoms with Crippen LogP contribution in [0.5, 0.6) is 0 Å². The standard InChI is InChI=1S/C36H42N4O7/c1-4-6-21-47-36(46)30(23-32(42)25-17-10-12-19-27(25)37-3)40-35(45)29(38-33(43)14-5-2)22-31(41)26-18-11-13-20-28(26)39-34(44)24-15-8-7-9-16-24/h7-13,15-20,29-30,37H,4-6,14,21-23H2,1-3H3,(H,38,43)(H,39,44)(H,40,45). The summed E-state index contributed by atoms with van der Waals surface area (Å²) >= 11 is 0. The fraction of sp³-hybridized carbons (Fsp3) is 0.333. The molecule has 0 bridgehead atoms. The molecule has 0 aromatic heterocycles. The van der Waals surface area contributed by atoms with Gasteiger partial charge < -0.3 is 26.0 Å². The number of Topliss-reactive ketones (excluding diaryl/α,β-unsaturated/α-hetero) is 2. The zero-order chi connectivity index (χ0) is 34.2. The van der Waals surface area contributed by atoms with Crippen LogP contribution in [0.4, 0.5) is 11.4 Å². The molecule has 4 N–H and O–H groups in total. The van der Waals surface area contributed by atoms with Crippen LogP contribution in [0.25, 0.3) is 0 Å². The smallest absolute Gasteiger partial charge is 0.329 e. The van der Waals surface area contributed by atoms with Crippen LogP contribution in [-0.2, 0) is 19.1 Å². The number of ether oxygens (including phenoxy) is 1. The van der Waals surface area contributed by atoms with Gasteiger partial charge in [0.1, 0.15) is 12.1 Å². The lowest BCUT2D eigenvalue weighted by molar-refractivity contribution is -0.148. The van der Waals surface area contributed by atoms with Gasteiger partial charge >= 0.3 is 5.97 Å². The second kappa shape index (κ2) is 18.6. The van der Waals surface area contributed by atoms with Gasteiger partial charge in [-0.1, -0.05) is 62.7 Å². The molecule has 0 saturated heterocycles. The van der Waals surface area contributed by atoms with Crippen LogP contribution in [0.3, 0.4) is 0 Å². The van der Waals surface area contributed by atoms with Gasteiger partial charge in [-0.05, 0) is 49.2 Å². The lowest BCUT2D eigenvalue weighted by atomic mass is 9.99. The van der Waals surface area contributed by atoms with Gasteiger partial charge in [0.25, 0.3) is 5.91 Å². The normalized spacial score (nSPS) is 11.8. The topological polar surface area (TPSA) is 160 Å². The SMILES string of the molecule is CCCCOC(=O)C(CC(=O)c1ccccc1NC)NC(=O)C(CC(=O)c1ccccc1NC(=O)c1ccccc1)NC(=O)CCC. The predicted octanol–water partition coefficient (Wildman–Crippen LogP) is 4.94. The van der Waals surface area contributed by atoms with Crippen molar-refractivity contribution in [1.82, 2.24) is 10.6 Å². The molecule has 0 fully saturated rings.